The highest BCUT2D eigenvalue weighted by atomic mass is 16.5. The van der Waals surface area contributed by atoms with Crippen molar-refractivity contribution in [1.82, 2.24) is 10.1 Å². The summed E-state index contributed by atoms with van der Waals surface area (Å²) in [6.07, 6.45) is 4.13. The van der Waals surface area contributed by atoms with Crippen LogP contribution in [0.5, 0.6) is 0 Å². The molecule has 5 heteroatoms. The Labute approximate surface area is 95.3 Å². The molecule has 90 valence electrons. The minimum atomic E-state index is -0.124. The lowest BCUT2D eigenvalue weighted by Gasteiger charge is -2.05. The number of hydrogen-bond donors (Lipinski definition) is 1. The van der Waals surface area contributed by atoms with Crippen molar-refractivity contribution in [2.45, 2.75) is 57.8 Å². The standard InChI is InChI=1S/C11H19N3O2/c1-3-4-8(12)10-13-11(16-14-10)9-6-5-7(2)15-9/h7-9H,3-6,12H2,1-2H3. The van der Waals surface area contributed by atoms with Gasteiger partial charge in [0.1, 0.15) is 6.10 Å². The molecule has 1 aliphatic heterocycles. The van der Waals surface area contributed by atoms with Crippen LogP contribution in [-0.2, 0) is 4.74 Å². The monoisotopic (exact) mass is 225 g/mol. The van der Waals surface area contributed by atoms with Crippen LogP contribution in [0.25, 0.3) is 0 Å². The molecule has 2 rings (SSSR count). The first kappa shape index (κ1) is 11.5. The van der Waals surface area contributed by atoms with Gasteiger partial charge in [0, 0.05) is 0 Å². The number of rotatable bonds is 4. The van der Waals surface area contributed by atoms with E-state index in [9.17, 15) is 0 Å². The second kappa shape index (κ2) is 4.93. The maximum atomic E-state index is 5.92. The van der Waals surface area contributed by atoms with Crippen molar-refractivity contribution in [3.8, 4) is 0 Å². The zero-order valence-corrected chi connectivity index (χ0v) is 9.85. The summed E-state index contributed by atoms with van der Waals surface area (Å²) in [5, 5.41) is 3.91. The number of hydrogen-bond acceptors (Lipinski definition) is 5. The summed E-state index contributed by atoms with van der Waals surface area (Å²) in [5.74, 6) is 1.17. The first-order valence-corrected chi connectivity index (χ1v) is 5.95. The molecule has 1 saturated heterocycles. The Hall–Kier alpha value is -0.940. The van der Waals surface area contributed by atoms with E-state index in [0.29, 0.717) is 11.7 Å². The lowest BCUT2D eigenvalue weighted by molar-refractivity contribution is 0.0355. The first-order valence-electron chi connectivity index (χ1n) is 5.95. The van der Waals surface area contributed by atoms with Crippen LogP contribution in [0, 0.1) is 0 Å². The van der Waals surface area contributed by atoms with Gasteiger partial charge in [-0.25, -0.2) is 0 Å². The number of ether oxygens (including phenoxy) is 1. The van der Waals surface area contributed by atoms with Crippen molar-refractivity contribution in [1.29, 1.82) is 0 Å². The Balaban J connectivity index is 2.01. The Morgan fingerprint density at radius 1 is 1.50 bits per heavy atom. The van der Waals surface area contributed by atoms with Crippen LogP contribution in [0.2, 0.25) is 0 Å². The predicted octanol–water partition coefficient (Wildman–Crippen LogP) is 2.11. The van der Waals surface area contributed by atoms with Gasteiger partial charge in [0.15, 0.2) is 5.82 Å². The van der Waals surface area contributed by atoms with E-state index in [1.165, 1.54) is 0 Å². The molecule has 5 nitrogen and oxygen atoms in total. The number of nitrogens with two attached hydrogens (primary N) is 1. The van der Waals surface area contributed by atoms with Gasteiger partial charge in [0.2, 0.25) is 0 Å². The molecular formula is C11H19N3O2. The summed E-state index contributed by atoms with van der Waals surface area (Å²) in [4.78, 5) is 4.32. The van der Waals surface area contributed by atoms with Crippen LogP contribution in [0.15, 0.2) is 4.52 Å². The first-order chi connectivity index (χ1) is 7.70. The largest absolute Gasteiger partial charge is 0.365 e. The topological polar surface area (TPSA) is 74.2 Å². The van der Waals surface area contributed by atoms with Gasteiger partial charge in [0.05, 0.1) is 12.1 Å². The Kier molecular flexibility index (Phi) is 3.56. The number of nitrogens with zero attached hydrogens (tertiary/aromatic N) is 2. The molecule has 1 aromatic rings. The fourth-order valence-corrected chi connectivity index (χ4v) is 1.95. The molecule has 16 heavy (non-hydrogen) atoms. The molecule has 3 atom stereocenters. The molecule has 2 N–H and O–H groups in total. The highest BCUT2D eigenvalue weighted by Crippen LogP contribution is 2.31. The molecule has 1 aromatic heterocycles. The second-order valence-electron chi connectivity index (χ2n) is 4.40. The Morgan fingerprint density at radius 2 is 2.31 bits per heavy atom. The average Bonchev–Trinajstić information content (AvgIpc) is 2.85. The van der Waals surface area contributed by atoms with Gasteiger partial charge < -0.3 is 15.0 Å². The van der Waals surface area contributed by atoms with Gasteiger partial charge in [0.25, 0.3) is 5.89 Å². The maximum Gasteiger partial charge on any atom is 0.255 e. The van der Waals surface area contributed by atoms with E-state index >= 15 is 0 Å². The predicted molar refractivity (Wildman–Crippen MR) is 58.7 cm³/mol. The van der Waals surface area contributed by atoms with Gasteiger partial charge in [-0.1, -0.05) is 18.5 Å². The lowest BCUT2D eigenvalue weighted by Crippen LogP contribution is -2.11. The molecule has 0 aromatic carbocycles. The summed E-state index contributed by atoms with van der Waals surface area (Å²) in [6, 6.07) is -0.124. The van der Waals surface area contributed by atoms with Gasteiger partial charge >= 0.3 is 0 Å². The molecule has 0 spiro atoms. The van der Waals surface area contributed by atoms with Crippen LogP contribution in [0.1, 0.15) is 63.4 Å². The molecule has 1 fully saturated rings. The van der Waals surface area contributed by atoms with Crippen molar-refractivity contribution >= 4 is 0 Å². The van der Waals surface area contributed by atoms with E-state index in [0.717, 1.165) is 25.7 Å². The number of aromatic nitrogens is 2. The maximum absolute atomic E-state index is 5.92. The third-order valence-electron chi connectivity index (χ3n) is 2.90. The molecule has 0 bridgehead atoms. The Bertz CT molecular complexity index is 340. The fourth-order valence-electron chi connectivity index (χ4n) is 1.95. The summed E-state index contributed by atoms with van der Waals surface area (Å²) < 4.78 is 10.9. The van der Waals surface area contributed by atoms with Gasteiger partial charge in [-0.3, -0.25) is 0 Å². The van der Waals surface area contributed by atoms with Crippen molar-refractivity contribution in [2.75, 3.05) is 0 Å². The molecule has 1 aliphatic rings. The molecule has 0 aliphatic carbocycles. The van der Waals surface area contributed by atoms with E-state index in [2.05, 4.69) is 24.0 Å². The van der Waals surface area contributed by atoms with Crippen molar-refractivity contribution in [3.05, 3.63) is 11.7 Å². The van der Waals surface area contributed by atoms with Crippen molar-refractivity contribution < 1.29 is 9.26 Å². The normalized spacial score (nSPS) is 27.2. The van der Waals surface area contributed by atoms with Crippen LogP contribution >= 0.6 is 0 Å². The van der Waals surface area contributed by atoms with Crippen molar-refractivity contribution in [2.24, 2.45) is 5.73 Å². The third-order valence-corrected chi connectivity index (χ3v) is 2.90. The lowest BCUT2D eigenvalue weighted by atomic mass is 10.2. The molecule has 0 saturated carbocycles. The van der Waals surface area contributed by atoms with Crippen LogP contribution < -0.4 is 5.73 Å². The summed E-state index contributed by atoms with van der Waals surface area (Å²) in [7, 11) is 0. The molecule has 2 heterocycles. The molecule has 3 unspecified atom stereocenters. The third kappa shape index (κ3) is 2.41. The van der Waals surface area contributed by atoms with E-state index in [1.54, 1.807) is 0 Å². The van der Waals surface area contributed by atoms with Crippen LogP contribution in [-0.4, -0.2) is 16.2 Å². The summed E-state index contributed by atoms with van der Waals surface area (Å²) in [5.41, 5.74) is 5.92. The average molecular weight is 225 g/mol. The highest BCUT2D eigenvalue weighted by molar-refractivity contribution is 4.96. The van der Waals surface area contributed by atoms with Crippen molar-refractivity contribution in [3.63, 3.8) is 0 Å². The molecular weight excluding hydrogens is 206 g/mol. The smallest absolute Gasteiger partial charge is 0.255 e. The summed E-state index contributed by atoms with van der Waals surface area (Å²) >= 11 is 0. The Morgan fingerprint density at radius 3 is 2.94 bits per heavy atom. The zero-order valence-electron chi connectivity index (χ0n) is 9.85. The molecule has 0 radical (unpaired) electrons. The fraction of sp³-hybridized carbons (Fsp3) is 0.818. The van der Waals surface area contributed by atoms with Gasteiger partial charge in [-0.15, -0.1) is 0 Å². The molecule has 0 amide bonds. The zero-order chi connectivity index (χ0) is 11.5. The SMILES string of the molecule is CCCC(N)c1noc(C2CCC(C)O2)n1. The van der Waals surface area contributed by atoms with E-state index in [-0.39, 0.29) is 18.2 Å². The van der Waals surface area contributed by atoms with E-state index < -0.39 is 0 Å². The quantitative estimate of drug-likeness (QED) is 0.849. The van der Waals surface area contributed by atoms with E-state index in [1.807, 2.05) is 0 Å². The minimum Gasteiger partial charge on any atom is -0.365 e. The van der Waals surface area contributed by atoms with Crippen LogP contribution in [0.3, 0.4) is 0 Å². The highest BCUT2D eigenvalue weighted by Gasteiger charge is 2.28. The van der Waals surface area contributed by atoms with E-state index in [4.69, 9.17) is 15.0 Å². The van der Waals surface area contributed by atoms with Gasteiger partial charge in [-0.05, 0) is 26.2 Å². The summed E-state index contributed by atoms with van der Waals surface area (Å²) in [6.45, 7) is 4.14. The van der Waals surface area contributed by atoms with Gasteiger partial charge in [-0.2, -0.15) is 4.98 Å². The second-order valence-corrected chi connectivity index (χ2v) is 4.40. The minimum absolute atomic E-state index is 0.0370. The van der Waals surface area contributed by atoms with Crippen LogP contribution in [0.4, 0.5) is 0 Å².